The number of hydrogen-bond donors (Lipinski definition) is 1. The van der Waals surface area contributed by atoms with Crippen LogP contribution >= 0.6 is 22.7 Å². The monoisotopic (exact) mass is 302 g/mol. The van der Waals surface area contributed by atoms with Crippen molar-refractivity contribution in [3.05, 3.63) is 50.8 Å². The van der Waals surface area contributed by atoms with Crippen molar-refractivity contribution < 1.29 is 0 Å². The lowest BCUT2D eigenvalue weighted by Crippen LogP contribution is -2.17. The average Bonchev–Trinajstić information content (AvgIpc) is 3.00. The SMILES string of the molecule is CNC(Cc1nc(C)c(C)s1)c1cc2ccccc2s1. The van der Waals surface area contributed by atoms with Crippen molar-refractivity contribution in [3.63, 3.8) is 0 Å². The Labute approximate surface area is 127 Å². The van der Waals surface area contributed by atoms with Gasteiger partial charge in [0.1, 0.15) is 0 Å². The fraction of sp³-hybridized carbons (Fsp3) is 0.312. The van der Waals surface area contributed by atoms with E-state index >= 15 is 0 Å². The number of benzene rings is 1. The summed E-state index contributed by atoms with van der Waals surface area (Å²) in [6.45, 7) is 4.23. The van der Waals surface area contributed by atoms with Gasteiger partial charge >= 0.3 is 0 Å². The van der Waals surface area contributed by atoms with Crippen molar-refractivity contribution in [2.75, 3.05) is 7.05 Å². The number of aromatic nitrogens is 1. The minimum Gasteiger partial charge on any atom is -0.312 e. The third-order valence-corrected chi connectivity index (χ3v) is 5.91. The molecule has 104 valence electrons. The molecule has 1 N–H and O–H groups in total. The van der Waals surface area contributed by atoms with Gasteiger partial charge in [-0.05, 0) is 38.4 Å². The molecular formula is C16H18N2S2. The molecule has 0 aliphatic rings. The molecule has 1 unspecified atom stereocenters. The molecule has 2 aromatic heterocycles. The highest BCUT2D eigenvalue weighted by atomic mass is 32.1. The van der Waals surface area contributed by atoms with Crippen molar-refractivity contribution in [1.82, 2.24) is 10.3 Å². The molecule has 3 rings (SSSR count). The molecular weight excluding hydrogens is 284 g/mol. The molecule has 4 heteroatoms. The number of aryl methyl sites for hydroxylation is 2. The van der Waals surface area contributed by atoms with Crippen molar-refractivity contribution in [2.45, 2.75) is 26.3 Å². The highest BCUT2D eigenvalue weighted by Crippen LogP contribution is 2.32. The highest BCUT2D eigenvalue weighted by molar-refractivity contribution is 7.19. The molecule has 0 saturated carbocycles. The Morgan fingerprint density at radius 1 is 1.20 bits per heavy atom. The maximum absolute atomic E-state index is 4.66. The maximum Gasteiger partial charge on any atom is 0.0950 e. The van der Waals surface area contributed by atoms with E-state index < -0.39 is 0 Å². The van der Waals surface area contributed by atoms with E-state index in [0.717, 1.165) is 12.1 Å². The zero-order chi connectivity index (χ0) is 14.1. The van der Waals surface area contributed by atoms with E-state index in [2.05, 4.69) is 54.5 Å². The summed E-state index contributed by atoms with van der Waals surface area (Å²) in [5.41, 5.74) is 1.16. The van der Waals surface area contributed by atoms with E-state index in [1.165, 1.54) is 24.8 Å². The lowest BCUT2D eigenvalue weighted by Gasteiger charge is -2.12. The first-order valence-electron chi connectivity index (χ1n) is 6.76. The van der Waals surface area contributed by atoms with Gasteiger partial charge in [-0.25, -0.2) is 4.98 Å². The standard InChI is InChI=1S/C16H18N2S2/c1-10-11(2)19-16(18-10)9-13(17-3)15-8-12-6-4-5-7-14(12)20-15/h4-8,13,17H,9H2,1-3H3. The third kappa shape index (κ3) is 2.64. The Balaban J connectivity index is 1.89. The van der Waals surface area contributed by atoms with E-state index in [9.17, 15) is 0 Å². The number of hydrogen-bond acceptors (Lipinski definition) is 4. The Bertz CT molecular complexity index is 674. The van der Waals surface area contributed by atoms with Crippen LogP contribution in [0.5, 0.6) is 0 Å². The first kappa shape index (κ1) is 13.7. The number of nitrogens with zero attached hydrogens (tertiary/aromatic N) is 1. The van der Waals surface area contributed by atoms with Crippen LogP contribution in [0.25, 0.3) is 10.1 Å². The smallest absolute Gasteiger partial charge is 0.0950 e. The number of likely N-dealkylation sites (N-methyl/N-ethyl adjacent to an activating group) is 1. The van der Waals surface area contributed by atoms with Crippen LogP contribution in [0.2, 0.25) is 0 Å². The second kappa shape index (κ2) is 5.64. The summed E-state index contributed by atoms with van der Waals surface area (Å²) in [5.74, 6) is 0. The minimum atomic E-state index is 0.345. The Hall–Kier alpha value is -1.23. The summed E-state index contributed by atoms with van der Waals surface area (Å²) >= 11 is 3.69. The van der Waals surface area contributed by atoms with Gasteiger partial charge in [0.2, 0.25) is 0 Å². The molecule has 0 spiro atoms. The van der Waals surface area contributed by atoms with Gasteiger partial charge in [-0.15, -0.1) is 22.7 Å². The normalized spacial score (nSPS) is 12.9. The molecule has 0 saturated heterocycles. The number of thiazole rings is 1. The molecule has 1 atom stereocenters. The minimum absolute atomic E-state index is 0.345. The molecule has 2 heterocycles. The van der Waals surface area contributed by atoms with Gasteiger partial charge in [0.15, 0.2) is 0 Å². The van der Waals surface area contributed by atoms with Gasteiger partial charge in [-0.1, -0.05) is 18.2 Å². The quantitative estimate of drug-likeness (QED) is 0.768. The highest BCUT2D eigenvalue weighted by Gasteiger charge is 2.16. The Kier molecular flexibility index (Phi) is 3.87. The summed E-state index contributed by atoms with van der Waals surface area (Å²) < 4.78 is 1.36. The fourth-order valence-corrected chi connectivity index (χ4v) is 4.47. The van der Waals surface area contributed by atoms with Crippen LogP contribution in [0.15, 0.2) is 30.3 Å². The van der Waals surface area contributed by atoms with Gasteiger partial charge in [-0.3, -0.25) is 0 Å². The summed E-state index contributed by atoms with van der Waals surface area (Å²) in [6, 6.07) is 11.2. The molecule has 2 nitrogen and oxygen atoms in total. The molecule has 0 radical (unpaired) electrons. The van der Waals surface area contributed by atoms with Crippen LogP contribution in [0, 0.1) is 13.8 Å². The number of nitrogens with one attached hydrogen (secondary N) is 1. The second-order valence-electron chi connectivity index (χ2n) is 4.98. The molecule has 0 fully saturated rings. The predicted molar refractivity (Wildman–Crippen MR) is 88.9 cm³/mol. The van der Waals surface area contributed by atoms with E-state index in [-0.39, 0.29) is 0 Å². The molecule has 3 aromatic rings. The van der Waals surface area contributed by atoms with Crippen molar-refractivity contribution >= 4 is 32.8 Å². The lowest BCUT2D eigenvalue weighted by atomic mass is 10.1. The van der Waals surface area contributed by atoms with Gasteiger partial charge < -0.3 is 5.32 Å². The van der Waals surface area contributed by atoms with E-state index in [1.807, 2.05) is 29.7 Å². The van der Waals surface area contributed by atoms with Crippen LogP contribution in [0.1, 0.15) is 26.5 Å². The number of thiophene rings is 1. The zero-order valence-electron chi connectivity index (χ0n) is 11.9. The molecule has 20 heavy (non-hydrogen) atoms. The third-order valence-electron chi connectivity index (χ3n) is 3.59. The maximum atomic E-state index is 4.66. The van der Waals surface area contributed by atoms with Crippen molar-refractivity contribution in [1.29, 1.82) is 0 Å². The van der Waals surface area contributed by atoms with Crippen LogP contribution in [-0.2, 0) is 6.42 Å². The number of fused-ring (bicyclic) bond motifs is 1. The van der Waals surface area contributed by atoms with Crippen LogP contribution in [-0.4, -0.2) is 12.0 Å². The van der Waals surface area contributed by atoms with Gasteiger partial charge in [0.05, 0.1) is 10.7 Å². The summed E-state index contributed by atoms with van der Waals surface area (Å²) in [6.07, 6.45) is 0.961. The first-order chi connectivity index (χ1) is 9.67. The van der Waals surface area contributed by atoms with E-state index in [1.54, 1.807) is 0 Å². The molecule has 0 bridgehead atoms. The first-order valence-corrected chi connectivity index (χ1v) is 8.39. The van der Waals surface area contributed by atoms with Crippen LogP contribution in [0.4, 0.5) is 0 Å². The summed E-state index contributed by atoms with van der Waals surface area (Å²) in [7, 11) is 2.03. The molecule has 0 aliphatic carbocycles. The second-order valence-corrected chi connectivity index (χ2v) is 7.38. The van der Waals surface area contributed by atoms with Gasteiger partial charge in [-0.2, -0.15) is 0 Å². The van der Waals surface area contributed by atoms with Crippen LogP contribution < -0.4 is 5.32 Å². The molecule has 1 aromatic carbocycles. The average molecular weight is 302 g/mol. The van der Waals surface area contributed by atoms with E-state index in [4.69, 9.17) is 0 Å². The summed E-state index contributed by atoms with van der Waals surface area (Å²) in [4.78, 5) is 7.37. The largest absolute Gasteiger partial charge is 0.312 e. The molecule has 0 aliphatic heterocycles. The molecule has 0 amide bonds. The predicted octanol–water partition coefficient (Wildman–Crippen LogP) is 4.48. The van der Waals surface area contributed by atoms with Gasteiger partial charge in [0, 0.05) is 26.9 Å². The lowest BCUT2D eigenvalue weighted by molar-refractivity contribution is 0.600. The van der Waals surface area contributed by atoms with E-state index in [0.29, 0.717) is 6.04 Å². The fourth-order valence-electron chi connectivity index (χ4n) is 2.32. The Morgan fingerprint density at radius 3 is 2.65 bits per heavy atom. The number of rotatable bonds is 4. The van der Waals surface area contributed by atoms with Gasteiger partial charge in [0.25, 0.3) is 0 Å². The zero-order valence-corrected chi connectivity index (χ0v) is 13.6. The van der Waals surface area contributed by atoms with Crippen molar-refractivity contribution in [2.24, 2.45) is 0 Å². The Morgan fingerprint density at radius 2 is 2.00 bits per heavy atom. The topological polar surface area (TPSA) is 24.9 Å². The van der Waals surface area contributed by atoms with Crippen molar-refractivity contribution in [3.8, 4) is 0 Å². The van der Waals surface area contributed by atoms with Crippen LogP contribution in [0.3, 0.4) is 0 Å². The summed E-state index contributed by atoms with van der Waals surface area (Å²) in [5, 5.41) is 5.99.